The molecule has 0 aromatic heterocycles. The molecular formula is C27H44O. The van der Waals surface area contributed by atoms with Gasteiger partial charge in [-0.25, -0.2) is 0 Å². The first-order chi connectivity index (χ1) is 13.3. The van der Waals surface area contributed by atoms with Crippen molar-refractivity contribution < 1.29 is 4.79 Å². The quantitative estimate of drug-likeness (QED) is 0.477. The molecule has 3 fully saturated rings. The number of hydrogen-bond donors (Lipinski definition) is 0. The van der Waals surface area contributed by atoms with E-state index in [2.05, 4.69) is 40.7 Å². The Labute approximate surface area is 174 Å². The molecule has 0 saturated heterocycles. The van der Waals surface area contributed by atoms with E-state index in [-0.39, 0.29) is 0 Å². The molecule has 3 saturated carbocycles. The Morgan fingerprint density at radius 1 is 1.00 bits per heavy atom. The fourth-order valence-electron chi connectivity index (χ4n) is 8.46. The fourth-order valence-corrected chi connectivity index (χ4v) is 8.46. The molecule has 0 bridgehead atoms. The molecule has 158 valence electrons. The summed E-state index contributed by atoms with van der Waals surface area (Å²) in [7, 11) is 0. The summed E-state index contributed by atoms with van der Waals surface area (Å²) in [5.41, 5.74) is 2.26. The topological polar surface area (TPSA) is 17.1 Å². The summed E-state index contributed by atoms with van der Waals surface area (Å²) >= 11 is 0. The Bertz CT molecular complexity index is 630. The van der Waals surface area contributed by atoms with Crippen LogP contribution in [-0.2, 0) is 4.79 Å². The van der Waals surface area contributed by atoms with Gasteiger partial charge in [0.15, 0.2) is 5.78 Å². The van der Waals surface area contributed by atoms with Gasteiger partial charge in [-0.3, -0.25) is 4.79 Å². The maximum Gasteiger partial charge on any atom is 0.159 e. The van der Waals surface area contributed by atoms with Crippen LogP contribution in [0.3, 0.4) is 0 Å². The molecule has 0 N–H and O–H groups in total. The Morgan fingerprint density at radius 2 is 1.79 bits per heavy atom. The Balaban J connectivity index is 1.54. The van der Waals surface area contributed by atoms with Crippen molar-refractivity contribution in [3.63, 3.8) is 0 Å². The molecule has 1 heteroatoms. The molecule has 0 aromatic rings. The van der Waals surface area contributed by atoms with Crippen LogP contribution in [-0.4, -0.2) is 5.78 Å². The lowest BCUT2D eigenvalue weighted by atomic mass is 9.47. The van der Waals surface area contributed by atoms with Crippen LogP contribution in [0.1, 0.15) is 105 Å². The summed E-state index contributed by atoms with van der Waals surface area (Å²) in [6.45, 7) is 12.3. The van der Waals surface area contributed by atoms with Crippen molar-refractivity contribution in [2.75, 3.05) is 0 Å². The summed E-state index contributed by atoms with van der Waals surface area (Å²) in [6, 6.07) is 0. The molecule has 0 spiro atoms. The zero-order valence-electron chi connectivity index (χ0n) is 19.2. The average molecular weight is 385 g/mol. The van der Waals surface area contributed by atoms with Gasteiger partial charge in [-0.2, -0.15) is 0 Å². The van der Waals surface area contributed by atoms with Crippen molar-refractivity contribution in [3.05, 3.63) is 11.6 Å². The number of allylic oxidation sites excluding steroid dienone is 2. The maximum absolute atomic E-state index is 13.4. The standard InChI is InChI=1S/C27H44O/c1-18(2)9-8-10-19(3)21-12-13-22-25-23(14-16-27(21,22)5)26(4)15-7-6-11-20(26)17-24(25)28/h17-19,21-23,25H,6-16H2,1-5H3/t19-,21+,22-,23-,25-,26+,27+/m1/s1. The van der Waals surface area contributed by atoms with Crippen LogP contribution >= 0.6 is 0 Å². The Morgan fingerprint density at radius 3 is 2.54 bits per heavy atom. The molecule has 0 amide bonds. The van der Waals surface area contributed by atoms with Crippen molar-refractivity contribution in [3.8, 4) is 0 Å². The van der Waals surface area contributed by atoms with Crippen LogP contribution in [0.4, 0.5) is 0 Å². The number of fused-ring (bicyclic) bond motifs is 5. The van der Waals surface area contributed by atoms with Crippen molar-refractivity contribution in [2.45, 2.75) is 105 Å². The molecular weight excluding hydrogens is 340 g/mol. The van der Waals surface area contributed by atoms with E-state index in [0.717, 1.165) is 17.8 Å². The first-order valence-electron chi connectivity index (χ1n) is 12.5. The monoisotopic (exact) mass is 384 g/mol. The van der Waals surface area contributed by atoms with E-state index < -0.39 is 0 Å². The van der Waals surface area contributed by atoms with E-state index in [1.165, 1.54) is 76.2 Å². The average Bonchev–Trinajstić information content (AvgIpc) is 2.99. The third kappa shape index (κ3) is 3.24. The molecule has 0 aliphatic heterocycles. The SMILES string of the molecule is CC(C)CCC[C@@H](C)[C@@H]1CC[C@@H]2[C@H]3C(=O)C=C4CCCC[C@]4(C)[C@@H]3CC[C@]21C. The van der Waals surface area contributed by atoms with Crippen molar-refractivity contribution in [1.82, 2.24) is 0 Å². The van der Waals surface area contributed by atoms with Crippen molar-refractivity contribution in [2.24, 2.45) is 46.3 Å². The van der Waals surface area contributed by atoms with E-state index in [1.54, 1.807) is 0 Å². The predicted molar refractivity (Wildman–Crippen MR) is 118 cm³/mol. The normalized spacial score (nSPS) is 43.9. The van der Waals surface area contributed by atoms with Gasteiger partial charge in [0.1, 0.15) is 0 Å². The highest BCUT2D eigenvalue weighted by atomic mass is 16.1. The summed E-state index contributed by atoms with van der Waals surface area (Å²) < 4.78 is 0. The van der Waals surface area contributed by atoms with Gasteiger partial charge < -0.3 is 0 Å². The van der Waals surface area contributed by atoms with Crippen LogP contribution in [0.5, 0.6) is 0 Å². The van der Waals surface area contributed by atoms with Gasteiger partial charge in [0.2, 0.25) is 0 Å². The molecule has 0 radical (unpaired) electrons. The number of carbonyl (C=O) groups is 1. The van der Waals surface area contributed by atoms with E-state index in [1.807, 2.05) is 0 Å². The molecule has 4 rings (SSSR count). The summed E-state index contributed by atoms with van der Waals surface area (Å²) in [4.78, 5) is 13.4. The van der Waals surface area contributed by atoms with Gasteiger partial charge in [0.25, 0.3) is 0 Å². The highest BCUT2D eigenvalue weighted by molar-refractivity contribution is 5.94. The summed E-state index contributed by atoms with van der Waals surface area (Å²) in [5, 5.41) is 0. The second kappa shape index (κ2) is 7.59. The summed E-state index contributed by atoms with van der Waals surface area (Å²) in [5.74, 6) is 4.61. The minimum absolute atomic E-state index is 0.332. The second-order valence-electron chi connectivity index (χ2n) is 12.0. The Kier molecular flexibility index (Phi) is 5.60. The van der Waals surface area contributed by atoms with Gasteiger partial charge >= 0.3 is 0 Å². The number of hydrogen-bond acceptors (Lipinski definition) is 1. The number of rotatable bonds is 5. The lowest BCUT2D eigenvalue weighted by Gasteiger charge is -2.57. The van der Waals surface area contributed by atoms with E-state index in [9.17, 15) is 4.79 Å². The third-order valence-corrected chi connectivity index (χ3v) is 10.1. The van der Waals surface area contributed by atoms with Crippen LogP contribution in [0.15, 0.2) is 11.6 Å². The largest absolute Gasteiger partial charge is 0.295 e. The number of carbonyl (C=O) groups excluding carboxylic acids is 1. The van der Waals surface area contributed by atoms with Crippen LogP contribution in [0.25, 0.3) is 0 Å². The van der Waals surface area contributed by atoms with Crippen LogP contribution in [0.2, 0.25) is 0 Å². The fraction of sp³-hybridized carbons (Fsp3) is 0.889. The van der Waals surface area contributed by atoms with Gasteiger partial charge in [0.05, 0.1) is 0 Å². The van der Waals surface area contributed by atoms with Crippen molar-refractivity contribution in [1.29, 1.82) is 0 Å². The molecule has 28 heavy (non-hydrogen) atoms. The lowest BCUT2D eigenvalue weighted by Crippen LogP contribution is -2.53. The maximum atomic E-state index is 13.4. The molecule has 0 heterocycles. The van der Waals surface area contributed by atoms with E-state index >= 15 is 0 Å². The zero-order chi connectivity index (χ0) is 20.1. The minimum atomic E-state index is 0.332. The van der Waals surface area contributed by atoms with Gasteiger partial charge in [-0.1, -0.05) is 65.9 Å². The molecule has 4 aliphatic rings. The highest BCUT2D eigenvalue weighted by Gasteiger charge is 2.60. The molecule has 1 nitrogen and oxygen atoms in total. The zero-order valence-corrected chi connectivity index (χ0v) is 19.2. The minimum Gasteiger partial charge on any atom is -0.295 e. The van der Waals surface area contributed by atoms with Gasteiger partial charge in [-0.15, -0.1) is 0 Å². The first kappa shape index (κ1) is 20.7. The van der Waals surface area contributed by atoms with E-state index in [4.69, 9.17) is 0 Å². The predicted octanol–water partition coefficient (Wildman–Crippen LogP) is 7.60. The second-order valence-corrected chi connectivity index (χ2v) is 12.0. The van der Waals surface area contributed by atoms with E-state index in [0.29, 0.717) is 34.4 Å². The van der Waals surface area contributed by atoms with Gasteiger partial charge in [0, 0.05) is 5.92 Å². The van der Waals surface area contributed by atoms with Crippen LogP contribution in [0, 0.1) is 46.3 Å². The molecule has 7 atom stereocenters. The highest BCUT2D eigenvalue weighted by Crippen LogP contribution is 2.66. The van der Waals surface area contributed by atoms with Gasteiger partial charge in [-0.05, 0) is 91.4 Å². The molecule has 0 aromatic carbocycles. The smallest absolute Gasteiger partial charge is 0.159 e. The third-order valence-electron chi connectivity index (χ3n) is 10.1. The number of ketones is 1. The lowest BCUT2D eigenvalue weighted by molar-refractivity contribution is -0.134. The molecule has 0 unspecified atom stereocenters. The van der Waals surface area contributed by atoms with Crippen molar-refractivity contribution >= 4 is 5.78 Å². The Hall–Kier alpha value is -0.590. The molecule has 4 aliphatic carbocycles. The summed E-state index contributed by atoms with van der Waals surface area (Å²) in [6.07, 6.45) is 16.8. The first-order valence-corrected chi connectivity index (χ1v) is 12.5. The van der Waals surface area contributed by atoms with Crippen LogP contribution < -0.4 is 0 Å².